The molecule has 0 fully saturated rings. The molecule has 9 heteroatoms. The minimum atomic E-state index is -1.35. The van der Waals surface area contributed by atoms with Crippen LogP contribution in [0, 0.1) is 10.1 Å². The fourth-order valence-electron chi connectivity index (χ4n) is 1.16. The van der Waals surface area contributed by atoms with Crippen LogP contribution in [0.4, 0.5) is 5.69 Å². The Morgan fingerprint density at radius 2 is 2.11 bits per heavy atom. The predicted molar refractivity (Wildman–Crippen MR) is 66.6 cm³/mol. The van der Waals surface area contributed by atoms with Gasteiger partial charge in [0.1, 0.15) is 22.5 Å². The Balaban J connectivity index is 3.16. The Morgan fingerprint density at radius 1 is 1.53 bits per heavy atom. The van der Waals surface area contributed by atoms with Crippen LogP contribution in [0.2, 0.25) is 5.15 Å². The van der Waals surface area contributed by atoms with Crippen LogP contribution in [0.25, 0.3) is 0 Å². The van der Waals surface area contributed by atoms with E-state index in [0.29, 0.717) is 0 Å². The standard InChI is InChI=1S/C10H11ClN4O4/c1-10(2,9(12)17)14-8(16)5-3-7(11)13-4-6(5)15(18)19/h3-4H,1-2H3,(H2,12,17)(H,14,16). The van der Waals surface area contributed by atoms with E-state index < -0.39 is 28.0 Å². The first-order valence-electron chi connectivity index (χ1n) is 5.07. The number of rotatable bonds is 4. The third kappa shape index (κ3) is 3.38. The highest BCUT2D eigenvalue weighted by Crippen LogP contribution is 2.20. The number of aromatic nitrogens is 1. The van der Waals surface area contributed by atoms with Gasteiger partial charge in [-0.05, 0) is 19.9 Å². The van der Waals surface area contributed by atoms with Gasteiger partial charge in [-0.3, -0.25) is 19.7 Å². The second-order valence-electron chi connectivity index (χ2n) is 4.22. The average molecular weight is 287 g/mol. The van der Waals surface area contributed by atoms with Gasteiger partial charge < -0.3 is 11.1 Å². The number of hydrogen-bond acceptors (Lipinski definition) is 5. The van der Waals surface area contributed by atoms with Crippen molar-refractivity contribution in [1.29, 1.82) is 0 Å². The van der Waals surface area contributed by atoms with E-state index in [1.54, 1.807) is 0 Å². The van der Waals surface area contributed by atoms with E-state index in [-0.39, 0.29) is 10.7 Å². The van der Waals surface area contributed by atoms with Crippen molar-refractivity contribution in [1.82, 2.24) is 10.3 Å². The number of carbonyl (C=O) groups is 2. The van der Waals surface area contributed by atoms with Crippen molar-refractivity contribution in [2.45, 2.75) is 19.4 Å². The quantitative estimate of drug-likeness (QED) is 0.477. The molecule has 1 heterocycles. The van der Waals surface area contributed by atoms with E-state index in [1.807, 2.05) is 0 Å². The molecule has 0 aliphatic heterocycles. The Morgan fingerprint density at radius 3 is 2.58 bits per heavy atom. The van der Waals surface area contributed by atoms with Crippen LogP contribution < -0.4 is 11.1 Å². The number of primary amides is 1. The molecule has 2 amide bonds. The van der Waals surface area contributed by atoms with Gasteiger partial charge in [-0.15, -0.1) is 0 Å². The molecular weight excluding hydrogens is 276 g/mol. The fraction of sp³-hybridized carbons (Fsp3) is 0.300. The lowest BCUT2D eigenvalue weighted by molar-refractivity contribution is -0.385. The number of nitrogens with zero attached hydrogens (tertiary/aromatic N) is 2. The Bertz CT molecular complexity index is 558. The van der Waals surface area contributed by atoms with Crippen molar-refractivity contribution in [2.24, 2.45) is 5.73 Å². The van der Waals surface area contributed by atoms with E-state index >= 15 is 0 Å². The second kappa shape index (κ2) is 5.19. The minimum absolute atomic E-state index is 0.0763. The van der Waals surface area contributed by atoms with Crippen LogP contribution in [0.15, 0.2) is 12.3 Å². The maximum atomic E-state index is 11.9. The van der Waals surface area contributed by atoms with E-state index in [0.717, 1.165) is 12.3 Å². The van der Waals surface area contributed by atoms with Crippen molar-refractivity contribution in [3.8, 4) is 0 Å². The van der Waals surface area contributed by atoms with Crippen molar-refractivity contribution in [2.75, 3.05) is 0 Å². The highest BCUT2D eigenvalue weighted by molar-refractivity contribution is 6.29. The summed E-state index contributed by atoms with van der Waals surface area (Å²) in [5.74, 6) is -1.61. The second-order valence-corrected chi connectivity index (χ2v) is 4.61. The summed E-state index contributed by atoms with van der Waals surface area (Å²) >= 11 is 5.59. The summed E-state index contributed by atoms with van der Waals surface area (Å²) < 4.78 is 0. The summed E-state index contributed by atoms with van der Waals surface area (Å²) in [6, 6.07) is 1.05. The molecule has 0 aliphatic carbocycles. The zero-order chi connectivity index (χ0) is 14.8. The molecule has 1 aromatic rings. The smallest absolute Gasteiger partial charge is 0.300 e. The normalized spacial score (nSPS) is 10.9. The molecule has 0 spiro atoms. The van der Waals surface area contributed by atoms with Gasteiger partial charge in [0.15, 0.2) is 0 Å². The van der Waals surface area contributed by atoms with Crippen molar-refractivity contribution in [3.05, 3.63) is 33.1 Å². The van der Waals surface area contributed by atoms with Crippen LogP contribution in [-0.4, -0.2) is 27.3 Å². The topological polar surface area (TPSA) is 128 Å². The zero-order valence-electron chi connectivity index (χ0n) is 10.1. The third-order valence-electron chi connectivity index (χ3n) is 2.33. The zero-order valence-corrected chi connectivity index (χ0v) is 10.9. The van der Waals surface area contributed by atoms with Gasteiger partial charge in [0.05, 0.1) is 4.92 Å². The van der Waals surface area contributed by atoms with Crippen molar-refractivity contribution < 1.29 is 14.5 Å². The molecule has 8 nitrogen and oxygen atoms in total. The molecule has 0 radical (unpaired) electrons. The number of nitrogens with two attached hydrogens (primary N) is 1. The van der Waals surface area contributed by atoms with Crippen molar-refractivity contribution >= 4 is 29.1 Å². The Hall–Kier alpha value is -2.22. The summed E-state index contributed by atoms with van der Waals surface area (Å²) in [5.41, 5.74) is 2.95. The summed E-state index contributed by atoms with van der Waals surface area (Å²) in [7, 11) is 0. The van der Waals surface area contributed by atoms with Gasteiger partial charge in [0.2, 0.25) is 5.91 Å². The number of hydrogen-bond donors (Lipinski definition) is 2. The molecule has 0 aromatic carbocycles. The maximum Gasteiger partial charge on any atom is 0.300 e. The summed E-state index contributed by atoms with van der Waals surface area (Å²) in [5, 5.41) is 13.0. The molecule has 0 saturated carbocycles. The van der Waals surface area contributed by atoms with Gasteiger partial charge in [0.25, 0.3) is 11.6 Å². The molecule has 0 unspecified atom stereocenters. The summed E-state index contributed by atoms with van der Waals surface area (Å²) in [4.78, 5) is 36.6. The summed E-state index contributed by atoms with van der Waals surface area (Å²) in [6.45, 7) is 2.75. The van der Waals surface area contributed by atoms with E-state index in [1.165, 1.54) is 13.8 Å². The SMILES string of the molecule is CC(C)(NC(=O)c1cc(Cl)ncc1[N+](=O)[O-])C(N)=O. The molecular formula is C10H11ClN4O4. The largest absolute Gasteiger partial charge is 0.368 e. The number of nitrogens with one attached hydrogen (secondary N) is 1. The van der Waals surface area contributed by atoms with E-state index in [9.17, 15) is 19.7 Å². The summed E-state index contributed by atoms with van der Waals surface area (Å²) in [6.07, 6.45) is 0.870. The van der Waals surface area contributed by atoms with Crippen LogP contribution in [0.3, 0.4) is 0 Å². The molecule has 0 aliphatic rings. The monoisotopic (exact) mass is 286 g/mol. The first-order chi connectivity index (χ1) is 8.65. The molecule has 1 aromatic heterocycles. The van der Waals surface area contributed by atoms with Crippen LogP contribution >= 0.6 is 11.6 Å². The highest BCUT2D eigenvalue weighted by atomic mass is 35.5. The van der Waals surface area contributed by atoms with E-state index in [2.05, 4.69) is 10.3 Å². The fourth-order valence-corrected chi connectivity index (χ4v) is 1.32. The Kier molecular flexibility index (Phi) is 4.05. The number of halogens is 1. The first kappa shape index (κ1) is 14.8. The molecule has 3 N–H and O–H groups in total. The lowest BCUT2D eigenvalue weighted by Crippen LogP contribution is -2.53. The van der Waals surface area contributed by atoms with Crippen molar-refractivity contribution in [3.63, 3.8) is 0 Å². The average Bonchev–Trinajstić information content (AvgIpc) is 2.27. The molecule has 0 bridgehead atoms. The number of amides is 2. The lowest BCUT2D eigenvalue weighted by atomic mass is 10.0. The highest BCUT2D eigenvalue weighted by Gasteiger charge is 2.30. The molecule has 0 saturated heterocycles. The molecule has 19 heavy (non-hydrogen) atoms. The first-order valence-corrected chi connectivity index (χ1v) is 5.45. The van der Waals surface area contributed by atoms with Gasteiger partial charge in [-0.2, -0.15) is 0 Å². The van der Waals surface area contributed by atoms with Gasteiger partial charge in [-0.1, -0.05) is 11.6 Å². The van der Waals surface area contributed by atoms with Gasteiger partial charge >= 0.3 is 0 Å². The van der Waals surface area contributed by atoms with E-state index in [4.69, 9.17) is 17.3 Å². The van der Waals surface area contributed by atoms with Gasteiger partial charge in [-0.25, -0.2) is 4.98 Å². The molecule has 0 atom stereocenters. The van der Waals surface area contributed by atoms with Gasteiger partial charge in [0, 0.05) is 0 Å². The Labute approximate surface area is 113 Å². The number of nitro groups is 1. The minimum Gasteiger partial charge on any atom is -0.368 e. The molecule has 1 rings (SSSR count). The third-order valence-corrected chi connectivity index (χ3v) is 2.54. The lowest BCUT2D eigenvalue weighted by Gasteiger charge is -2.22. The van der Waals surface area contributed by atoms with Crippen LogP contribution in [-0.2, 0) is 4.79 Å². The predicted octanol–water partition coefficient (Wildman–Crippen LogP) is 0.637. The number of pyridine rings is 1. The number of carbonyl (C=O) groups excluding carboxylic acids is 2. The maximum absolute atomic E-state index is 11.9. The molecule has 102 valence electrons. The van der Waals surface area contributed by atoms with Crippen LogP contribution in [0.1, 0.15) is 24.2 Å². The van der Waals surface area contributed by atoms with Crippen LogP contribution in [0.5, 0.6) is 0 Å².